The number of hydrogen-bond donors (Lipinski definition) is 1. The van der Waals surface area contributed by atoms with Gasteiger partial charge in [0.2, 0.25) is 0 Å². The Balaban J connectivity index is 0.794. The number of nitriles is 1. The van der Waals surface area contributed by atoms with E-state index < -0.39 is 6.17 Å². The number of fused-ring (bicyclic) bond motifs is 9. The van der Waals surface area contributed by atoms with Crippen LogP contribution in [0.1, 0.15) is 28.4 Å². The monoisotopic (exact) mass is 966 g/mol. The van der Waals surface area contributed by atoms with Gasteiger partial charge in [-0.25, -0.2) is 9.98 Å². The van der Waals surface area contributed by atoms with E-state index in [0.29, 0.717) is 11.4 Å². The second-order valence-corrected chi connectivity index (χ2v) is 19.5. The summed E-state index contributed by atoms with van der Waals surface area (Å²) in [5, 5.41) is 27.2. The van der Waals surface area contributed by atoms with Gasteiger partial charge in [-0.3, -0.25) is 0 Å². The first-order valence-electron chi connectivity index (χ1n) is 25.8. The van der Waals surface area contributed by atoms with Gasteiger partial charge in [0, 0.05) is 22.3 Å². The van der Waals surface area contributed by atoms with Crippen LogP contribution in [0.4, 0.5) is 0 Å². The van der Waals surface area contributed by atoms with Gasteiger partial charge in [0.25, 0.3) is 0 Å². The van der Waals surface area contributed by atoms with Crippen molar-refractivity contribution in [1.82, 2.24) is 5.32 Å². The number of aliphatic imine (C=N–C) groups is 2. The van der Waals surface area contributed by atoms with E-state index in [1.807, 2.05) is 18.2 Å². The quantitative estimate of drug-likeness (QED) is 0.154. The highest BCUT2D eigenvalue weighted by Crippen LogP contribution is 2.42. The number of nitrogens with zero attached hydrogens (tertiary/aromatic N) is 3. The van der Waals surface area contributed by atoms with Gasteiger partial charge < -0.3 is 5.32 Å². The maximum absolute atomic E-state index is 11.1. The SMILES string of the molecule is N#Cc1c(-c2cccc(-c3cccc(C4N=C(c5ccccc5)N=C(c5ccc(-c6cc7ccccc7c7ccccc67)cc5)N4)c3)c2)cccc1-c1ccccc1-c1ccc2c3ccccc3c3ccccc3c2c1. The summed E-state index contributed by atoms with van der Waals surface area (Å²) in [5.41, 5.74) is 14.0. The summed E-state index contributed by atoms with van der Waals surface area (Å²) >= 11 is 0. The zero-order valence-electron chi connectivity index (χ0n) is 41.3. The Bertz CT molecular complexity index is 4530. The van der Waals surface area contributed by atoms with Crippen LogP contribution in [0.5, 0.6) is 0 Å². The molecule has 0 aromatic heterocycles. The van der Waals surface area contributed by atoms with Crippen molar-refractivity contribution in [2.75, 3.05) is 0 Å². The molecule has 1 heterocycles. The fourth-order valence-corrected chi connectivity index (χ4v) is 11.5. The molecule has 1 N–H and O–H groups in total. The van der Waals surface area contributed by atoms with E-state index in [0.717, 1.165) is 72.6 Å². The van der Waals surface area contributed by atoms with Crippen LogP contribution in [0.15, 0.2) is 277 Å². The smallest absolute Gasteiger partial charge is 0.159 e. The van der Waals surface area contributed by atoms with Gasteiger partial charge in [-0.2, -0.15) is 5.26 Å². The molecule has 1 atom stereocenters. The van der Waals surface area contributed by atoms with Crippen LogP contribution in [0.2, 0.25) is 0 Å². The van der Waals surface area contributed by atoms with Crippen LogP contribution in [0, 0.1) is 11.3 Å². The molecule has 0 aliphatic carbocycles. The minimum absolute atomic E-state index is 0.405. The largest absolute Gasteiger partial charge is 0.344 e. The highest BCUT2D eigenvalue weighted by molar-refractivity contribution is 6.26. The highest BCUT2D eigenvalue weighted by Gasteiger charge is 2.23. The van der Waals surface area contributed by atoms with Gasteiger partial charge in [0.1, 0.15) is 18.1 Å². The molecule has 0 fully saturated rings. The van der Waals surface area contributed by atoms with Crippen LogP contribution in [0.25, 0.3) is 109 Å². The van der Waals surface area contributed by atoms with E-state index in [1.54, 1.807) is 0 Å². The molecule has 0 bridgehead atoms. The van der Waals surface area contributed by atoms with E-state index in [4.69, 9.17) is 9.98 Å². The summed E-state index contributed by atoms with van der Waals surface area (Å²) in [7, 11) is 0. The van der Waals surface area contributed by atoms with E-state index in [-0.39, 0.29) is 0 Å². The number of rotatable bonds is 8. The number of benzene rings is 13. The van der Waals surface area contributed by atoms with Crippen molar-refractivity contribution in [3.63, 3.8) is 0 Å². The molecule has 14 rings (SSSR count). The molecule has 1 unspecified atom stereocenters. The van der Waals surface area contributed by atoms with Crippen molar-refractivity contribution in [3.8, 4) is 61.7 Å². The standard InChI is InChI=1S/C72H46N4/c73-45-69-57(33-16-34-65(69)59-27-7-6-25-56(59)53-39-40-66-62-30-10-9-28-60(62)61-29-11-13-32-64(61)68(66)44-53)51-22-14-20-49(41-51)50-21-15-23-54(42-50)72-75-70(47-17-2-1-3-18-47)74-71(76-72)48-37-35-46(36-38-48)67-43-52-19-4-5-24-55(52)58-26-8-12-31-63(58)67/h1-44,72H,(H,74,75,76). The summed E-state index contributed by atoms with van der Waals surface area (Å²) in [6.07, 6.45) is -0.405. The Morgan fingerprint density at radius 3 is 1.55 bits per heavy atom. The normalized spacial score (nSPS) is 13.4. The van der Waals surface area contributed by atoms with E-state index in [1.165, 1.54) is 59.4 Å². The molecule has 0 radical (unpaired) electrons. The highest BCUT2D eigenvalue weighted by atomic mass is 15.2. The Kier molecular flexibility index (Phi) is 10.9. The Labute approximate surface area is 440 Å². The summed E-state index contributed by atoms with van der Waals surface area (Å²) in [4.78, 5) is 10.4. The van der Waals surface area contributed by atoms with Crippen LogP contribution < -0.4 is 5.32 Å². The van der Waals surface area contributed by atoms with Crippen molar-refractivity contribution in [2.24, 2.45) is 9.98 Å². The van der Waals surface area contributed by atoms with Gasteiger partial charge in [-0.15, -0.1) is 0 Å². The number of nitrogens with one attached hydrogen (secondary N) is 1. The van der Waals surface area contributed by atoms with Gasteiger partial charge in [0.15, 0.2) is 5.84 Å². The van der Waals surface area contributed by atoms with Gasteiger partial charge in [-0.1, -0.05) is 243 Å². The Morgan fingerprint density at radius 1 is 0.316 bits per heavy atom. The predicted molar refractivity (Wildman–Crippen MR) is 318 cm³/mol. The van der Waals surface area contributed by atoms with Crippen LogP contribution >= 0.6 is 0 Å². The van der Waals surface area contributed by atoms with Crippen LogP contribution in [-0.4, -0.2) is 11.7 Å². The number of amidine groups is 2. The van der Waals surface area contributed by atoms with E-state index >= 15 is 0 Å². The lowest BCUT2D eigenvalue weighted by atomic mass is 9.86. The van der Waals surface area contributed by atoms with Crippen molar-refractivity contribution in [1.29, 1.82) is 5.26 Å². The first-order chi connectivity index (χ1) is 37.6. The lowest BCUT2D eigenvalue weighted by Gasteiger charge is -2.24. The van der Waals surface area contributed by atoms with E-state index in [2.05, 4.69) is 260 Å². The fraction of sp³-hybridized carbons (Fsp3) is 0.0139. The maximum Gasteiger partial charge on any atom is 0.159 e. The molecule has 1 aliphatic heterocycles. The third-order valence-corrected chi connectivity index (χ3v) is 15.2. The molecule has 0 amide bonds. The lowest BCUT2D eigenvalue weighted by Crippen LogP contribution is -2.33. The maximum atomic E-state index is 11.1. The molecular weight excluding hydrogens is 921 g/mol. The summed E-state index contributed by atoms with van der Waals surface area (Å²) in [6, 6.07) is 97.1. The van der Waals surface area contributed by atoms with Crippen molar-refractivity contribution in [3.05, 3.63) is 289 Å². The predicted octanol–water partition coefficient (Wildman–Crippen LogP) is 18.2. The molecule has 1 aliphatic rings. The van der Waals surface area contributed by atoms with Crippen LogP contribution in [0.3, 0.4) is 0 Å². The molecule has 13 aromatic carbocycles. The first-order valence-corrected chi connectivity index (χ1v) is 25.8. The third kappa shape index (κ3) is 7.78. The third-order valence-electron chi connectivity index (χ3n) is 15.2. The second-order valence-electron chi connectivity index (χ2n) is 19.5. The van der Waals surface area contributed by atoms with Gasteiger partial charge in [0.05, 0.1) is 5.56 Å². The van der Waals surface area contributed by atoms with E-state index in [9.17, 15) is 5.26 Å². The Morgan fingerprint density at radius 2 is 0.816 bits per heavy atom. The number of hydrogen-bond acceptors (Lipinski definition) is 4. The lowest BCUT2D eigenvalue weighted by molar-refractivity contribution is 0.674. The zero-order valence-corrected chi connectivity index (χ0v) is 41.3. The van der Waals surface area contributed by atoms with Gasteiger partial charge in [-0.05, 0) is 128 Å². The summed E-state index contributed by atoms with van der Waals surface area (Å²) in [6.45, 7) is 0. The molecule has 0 saturated heterocycles. The van der Waals surface area contributed by atoms with Crippen molar-refractivity contribution < 1.29 is 0 Å². The van der Waals surface area contributed by atoms with Gasteiger partial charge >= 0.3 is 0 Å². The molecule has 0 saturated carbocycles. The zero-order chi connectivity index (χ0) is 50.5. The topological polar surface area (TPSA) is 60.5 Å². The second kappa shape index (κ2) is 18.7. The Hall–Kier alpha value is -10.2. The molecule has 4 nitrogen and oxygen atoms in total. The molecule has 76 heavy (non-hydrogen) atoms. The molecule has 0 spiro atoms. The minimum Gasteiger partial charge on any atom is -0.344 e. The fourth-order valence-electron chi connectivity index (χ4n) is 11.5. The average molecular weight is 967 g/mol. The molecule has 13 aromatic rings. The molecule has 354 valence electrons. The average Bonchev–Trinajstić information content (AvgIpc) is 3.51. The minimum atomic E-state index is -0.405. The van der Waals surface area contributed by atoms with Crippen molar-refractivity contribution in [2.45, 2.75) is 6.17 Å². The first kappa shape index (κ1) is 44.5. The molecular formula is C72H46N4. The summed E-state index contributed by atoms with van der Waals surface area (Å²) in [5.74, 6) is 1.43. The van der Waals surface area contributed by atoms with Crippen LogP contribution in [-0.2, 0) is 0 Å². The van der Waals surface area contributed by atoms with Crippen molar-refractivity contribution >= 4 is 65.5 Å². The molecule has 4 heteroatoms. The summed E-state index contributed by atoms with van der Waals surface area (Å²) < 4.78 is 0.